The minimum Gasteiger partial charge on any atom is -0.351 e. The number of nitro benzene ring substituents is 1. The van der Waals surface area contributed by atoms with Crippen LogP contribution in [0.25, 0.3) is 0 Å². The van der Waals surface area contributed by atoms with Crippen LogP contribution >= 0.6 is 0 Å². The molecule has 6 nitrogen and oxygen atoms in total. The number of amides is 1. The van der Waals surface area contributed by atoms with Crippen molar-refractivity contribution in [1.82, 2.24) is 5.32 Å². The number of benzene rings is 1. The molecule has 88 valence electrons. The molecule has 1 aromatic rings. The largest absolute Gasteiger partial charge is 0.351 e. The summed E-state index contributed by atoms with van der Waals surface area (Å²) in [5, 5.41) is 21.1. The van der Waals surface area contributed by atoms with E-state index in [2.05, 4.69) is 5.32 Å². The standard InChI is InChI=1S/C10H8FN3O3/c11-8-3-2-7(6-9(8)14(16)17)10(15)13-5-1-4-12/h2-3,6H,1,5H2,(H,13,15). The summed E-state index contributed by atoms with van der Waals surface area (Å²) >= 11 is 0. The summed E-state index contributed by atoms with van der Waals surface area (Å²) in [6, 6.07) is 4.69. The second kappa shape index (κ2) is 5.55. The van der Waals surface area contributed by atoms with Crippen molar-refractivity contribution in [3.63, 3.8) is 0 Å². The molecule has 0 aliphatic rings. The highest BCUT2D eigenvalue weighted by molar-refractivity contribution is 5.94. The van der Waals surface area contributed by atoms with Gasteiger partial charge in [-0.25, -0.2) is 0 Å². The number of nitro groups is 1. The van der Waals surface area contributed by atoms with Crippen molar-refractivity contribution >= 4 is 11.6 Å². The van der Waals surface area contributed by atoms with Crippen LogP contribution in [0.15, 0.2) is 18.2 Å². The van der Waals surface area contributed by atoms with Crippen molar-refractivity contribution in [3.05, 3.63) is 39.7 Å². The van der Waals surface area contributed by atoms with Gasteiger partial charge in [0.15, 0.2) is 0 Å². The number of carbonyl (C=O) groups is 1. The van der Waals surface area contributed by atoms with Crippen molar-refractivity contribution in [2.75, 3.05) is 6.54 Å². The van der Waals surface area contributed by atoms with Crippen LogP contribution in [0, 0.1) is 27.3 Å². The van der Waals surface area contributed by atoms with Gasteiger partial charge in [-0.1, -0.05) is 0 Å². The van der Waals surface area contributed by atoms with E-state index in [0.717, 1.165) is 18.2 Å². The van der Waals surface area contributed by atoms with Crippen molar-refractivity contribution in [3.8, 4) is 6.07 Å². The molecular formula is C10H8FN3O3. The zero-order valence-corrected chi connectivity index (χ0v) is 8.64. The Morgan fingerprint density at radius 3 is 2.88 bits per heavy atom. The average Bonchev–Trinajstić information content (AvgIpc) is 2.29. The summed E-state index contributed by atoms with van der Waals surface area (Å²) in [4.78, 5) is 21.0. The molecule has 1 amide bonds. The molecule has 0 atom stereocenters. The molecule has 1 N–H and O–H groups in total. The van der Waals surface area contributed by atoms with Crippen molar-refractivity contribution in [2.45, 2.75) is 6.42 Å². The predicted octanol–water partition coefficient (Wildman–Crippen LogP) is 1.38. The summed E-state index contributed by atoms with van der Waals surface area (Å²) in [7, 11) is 0. The van der Waals surface area contributed by atoms with Crippen LogP contribution in [0.5, 0.6) is 0 Å². The number of nitriles is 1. The monoisotopic (exact) mass is 237 g/mol. The van der Waals surface area contributed by atoms with E-state index in [1.54, 1.807) is 0 Å². The smallest absolute Gasteiger partial charge is 0.305 e. The van der Waals surface area contributed by atoms with Crippen molar-refractivity contribution < 1.29 is 14.1 Å². The number of halogens is 1. The second-order valence-electron chi connectivity index (χ2n) is 3.09. The Kier molecular flexibility index (Phi) is 4.11. The Bertz CT molecular complexity index is 496. The minimum absolute atomic E-state index is 0.0176. The Hall–Kier alpha value is -2.49. The molecule has 0 bridgehead atoms. The lowest BCUT2D eigenvalue weighted by atomic mass is 10.2. The lowest BCUT2D eigenvalue weighted by Gasteiger charge is -2.02. The number of nitrogens with zero attached hydrogens (tertiary/aromatic N) is 2. The molecule has 0 spiro atoms. The van der Waals surface area contributed by atoms with Crippen LogP contribution in [-0.4, -0.2) is 17.4 Å². The van der Waals surface area contributed by atoms with E-state index in [9.17, 15) is 19.3 Å². The van der Waals surface area contributed by atoms with E-state index in [-0.39, 0.29) is 18.5 Å². The van der Waals surface area contributed by atoms with E-state index in [4.69, 9.17) is 5.26 Å². The topological polar surface area (TPSA) is 96.0 Å². The molecule has 0 aliphatic heterocycles. The van der Waals surface area contributed by atoms with Crippen LogP contribution in [0.3, 0.4) is 0 Å². The lowest BCUT2D eigenvalue weighted by molar-refractivity contribution is -0.387. The quantitative estimate of drug-likeness (QED) is 0.486. The highest BCUT2D eigenvalue weighted by Crippen LogP contribution is 2.18. The van der Waals surface area contributed by atoms with Gasteiger partial charge < -0.3 is 5.32 Å². The molecule has 0 aliphatic carbocycles. The molecule has 0 saturated heterocycles. The van der Waals surface area contributed by atoms with Gasteiger partial charge in [0.05, 0.1) is 17.4 Å². The molecule has 17 heavy (non-hydrogen) atoms. The van der Waals surface area contributed by atoms with Gasteiger partial charge in [-0.3, -0.25) is 14.9 Å². The molecule has 1 rings (SSSR count). The first-order valence-corrected chi connectivity index (χ1v) is 4.65. The number of hydrogen-bond acceptors (Lipinski definition) is 4. The van der Waals surface area contributed by atoms with Gasteiger partial charge in [-0.15, -0.1) is 0 Å². The van der Waals surface area contributed by atoms with Crippen molar-refractivity contribution in [1.29, 1.82) is 5.26 Å². The van der Waals surface area contributed by atoms with E-state index in [0.29, 0.717) is 0 Å². The van der Waals surface area contributed by atoms with Crippen LogP contribution in [0.2, 0.25) is 0 Å². The maximum absolute atomic E-state index is 13.0. The first-order valence-electron chi connectivity index (χ1n) is 4.65. The third kappa shape index (κ3) is 3.24. The molecule has 0 fully saturated rings. The molecule has 0 unspecified atom stereocenters. The minimum atomic E-state index is -0.997. The molecule has 0 heterocycles. The SMILES string of the molecule is N#CCCNC(=O)c1ccc(F)c([N+](=O)[O-])c1. The molecule has 1 aromatic carbocycles. The Morgan fingerprint density at radius 1 is 1.59 bits per heavy atom. The summed E-state index contributed by atoms with van der Waals surface area (Å²) < 4.78 is 13.0. The molecular weight excluding hydrogens is 229 g/mol. The number of carbonyl (C=O) groups excluding carboxylic acids is 1. The third-order valence-electron chi connectivity index (χ3n) is 1.93. The fourth-order valence-corrected chi connectivity index (χ4v) is 1.13. The summed E-state index contributed by atoms with van der Waals surface area (Å²) in [5.41, 5.74) is -0.769. The maximum atomic E-state index is 13.0. The Labute approximate surface area is 95.8 Å². The van der Waals surface area contributed by atoms with Gasteiger partial charge in [0.2, 0.25) is 5.82 Å². The fraction of sp³-hybridized carbons (Fsp3) is 0.200. The van der Waals surface area contributed by atoms with Gasteiger partial charge in [0.25, 0.3) is 5.91 Å². The van der Waals surface area contributed by atoms with Crippen LogP contribution in [-0.2, 0) is 0 Å². The summed E-state index contributed by atoms with van der Waals surface area (Å²) in [5.74, 6) is -1.58. The van der Waals surface area contributed by atoms with E-state index < -0.39 is 22.3 Å². The van der Waals surface area contributed by atoms with Crippen LogP contribution in [0.1, 0.15) is 16.8 Å². The zero-order chi connectivity index (χ0) is 12.8. The van der Waals surface area contributed by atoms with E-state index >= 15 is 0 Å². The van der Waals surface area contributed by atoms with Crippen molar-refractivity contribution in [2.24, 2.45) is 0 Å². The highest BCUT2D eigenvalue weighted by Gasteiger charge is 2.17. The van der Waals surface area contributed by atoms with Gasteiger partial charge in [-0.05, 0) is 12.1 Å². The Balaban J connectivity index is 2.85. The normalized spacial score (nSPS) is 9.41. The summed E-state index contributed by atoms with van der Waals surface area (Å²) in [6.45, 7) is 0.139. The lowest BCUT2D eigenvalue weighted by Crippen LogP contribution is -2.24. The number of nitrogens with one attached hydrogen (secondary N) is 1. The van der Waals surface area contributed by atoms with Gasteiger partial charge in [0.1, 0.15) is 0 Å². The Morgan fingerprint density at radius 2 is 2.29 bits per heavy atom. The van der Waals surface area contributed by atoms with Gasteiger partial charge in [0, 0.05) is 18.2 Å². The van der Waals surface area contributed by atoms with Gasteiger partial charge in [-0.2, -0.15) is 9.65 Å². The second-order valence-corrected chi connectivity index (χ2v) is 3.09. The molecule has 0 radical (unpaired) electrons. The van der Waals surface area contributed by atoms with E-state index in [1.807, 2.05) is 6.07 Å². The summed E-state index contributed by atoms with van der Waals surface area (Å²) in [6.07, 6.45) is 0.134. The molecule has 0 aromatic heterocycles. The first kappa shape index (κ1) is 12.6. The van der Waals surface area contributed by atoms with Crippen LogP contribution in [0.4, 0.5) is 10.1 Å². The molecule has 7 heteroatoms. The average molecular weight is 237 g/mol. The fourth-order valence-electron chi connectivity index (χ4n) is 1.13. The molecule has 0 saturated carbocycles. The highest BCUT2D eigenvalue weighted by atomic mass is 19.1. The first-order chi connectivity index (χ1) is 8.06. The van der Waals surface area contributed by atoms with Gasteiger partial charge >= 0.3 is 5.69 Å². The number of rotatable bonds is 4. The third-order valence-corrected chi connectivity index (χ3v) is 1.93. The predicted molar refractivity (Wildman–Crippen MR) is 55.6 cm³/mol. The maximum Gasteiger partial charge on any atom is 0.305 e. The zero-order valence-electron chi connectivity index (χ0n) is 8.64. The van der Waals surface area contributed by atoms with Crippen LogP contribution < -0.4 is 5.32 Å². The van der Waals surface area contributed by atoms with E-state index in [1.165, 1.54) is 0 Å². The number of hydrogen-bond donors (Lipinski definition) is 1.